The quantitative estimate of drug-likeness (QED) is 0.537. The lowest BCUT2D eigenvalue weighted by atomic mass is 9.98. The van der Waals surface area contributed by atoms with Crippen LogP contribution in [0.3, 0.4) is 0 Å². The monoisotopic (exact) mass is 499 g/mol. The van der Waals surface area contributed by atoms with Gasteiger partial charge in [0.2, 0.25) is 5.76 Å². The highest BCUT2D eigenvalue weighted by atomic mass is 35.5. The summed E-state index contributed by atoms with van der Waals surface area (Å²) >= 11 is 6.17. The standard InChI is InChI=1S/C26H27ClN2O6/c1-32-20-6-4-16(14-21(20)33-2)23-22-24(30)18-15-17(27)5-7-19(18)35-25(22)26(31)29(23)9-3-8-28-10-12-34-13-11-28/h4-7,14-15,23H,3,8-13H2,1-2H3/p+1/t23-/m1/s1. The van der Waals surface area contributed by atoms with Gasteiger partial charge in [-0.2, -0.15) is 0 Å². The van der Waals surface area contributed by atoms with E-state index in [1.54, 1.807) is 43.4 Å². The summed E-state index contributed by atoms with van der Waals surface area (Å²) in [7, 11) is 3.12. The molecule has 5 rings (SSSR count). The molecule has 0 radical (unpaired) electrons. The molecule has 2 aliphatic rings. The third-order valence-electron chi connectivity index (χ3n) is 6.78. The number of carbonyl (C=O) groups excluding carboxylic acids is 1. The average Bonchev–Trinajstić information content (AvgIpc) is 3.16. The van der Waals surface area contributed by atoms with E-state index < -0.39 is 6.04 Å². The van der Waals surface area contributed by atoms with E-state index in [0.717, 1.165) is 44.8 Å². The fourth-order valence-corrected chi connectivity index (χ4v) is 5.17. The molecule has 2 aliphatic heterocycles. The number of nitrogens with one attached hydrogen (secondary N) is 1. The maximum absolute atomic E-state index is 13.7. The molecule has 0 bridgehead atoms. The Labute approximate surface area is 207 Å². The van der Waals surface area contributed by atoms with Gasteiger partial charge in [0.15, 0.2) is 16.9 Å². The number of fused-ring (bicyclic) bond motifs is 2. The molecule has 0 aliphatic carbocycles. The number of carbonyl (C=O) groups is 1. The Hall–Kier alpha value is -3.07. The molecule has 0 spiro atoms. The van der Waals surface area contributed by atoms with Crippen molar-refractivity contribution in [3.8, 4) is 11.5 Å². The normalized spacial score (nSPS) is 18.2. The fraction of sp³-hybridized carbons (Fsp3) is 0.385. The Morgan fingerprint density at radius 3 is 2.57 bits per heavy atom. The molecule has 184 valence electrons. The highest BCUT2D eigenvalue weighted by Gasteiger charge is 2.43. The smallest absolute Gasteiger partial charge is 0.290 e. The molecular formula is C26H28ClN2O6+. The minimum absolute atomic E-state index is 0.0864. The van der Waals surface area contributed by atoms with E-state index >= 15 is 0 Å². The van der Waals surface area contributed by atoms with Crippen molar-refractivity contribution in [1.82, 2.24) is 4.90 Å². The van der Waals surface area contributed by atoms with Crippen LogP contribution in [0.15, 0.2) is 45.6 Å². The lowest BCUT2D eigenvalue weighted by molar-refractivity contribution is -0.908. The van der Waals surface area contributed by atoms with Crippen molar-refractivity contribution in [3.05, 3.63) is 68.5 Å². The van der Waals surface area contributed by atoms with Crippen molar-refractivity contribution in [2.75, 3.05) is 53.6 Å². The van der Waals surface area contributed by atoms with E-state index in [4.69, 9.17) is 30.2 Å². The highest BCUT2D eigenvalue weighted by Crippen LogP contribution is 2.41. The second kappa shape index (κ2) is 9.89. The molecule has 9 heteroatoms. The zero-order valence-corrected chi connectivity index (χ0v) is 20.5. The van der Waals surface area contributed by atoms with Crippen LogP contribution in [-0.2, 0) is 4.74 Å². The van der Waals surface area contributed by atoms with Crippen LogP contribution in [0.2, 0.25) is 5.02 Å². The van der Waals surface area contributed by atoms with Crippen LogP contribution in [0.4, 0.5) is 0 Å². The number of benzene rings is 2. The van der Waals surface area contributed by atoms with Gasteiger partial charge in [-0.25, -0.2) is 0 Å². The predicted octanol–water partition coefficient (Wildman–Crippen LogP) is 2.31. The molecule has 0 saturated carbocycles. The molecular weight excluding hydrogens is 472 g/mol. The maximum atomic E-state index is 13.7. The molecule has 1 atom stereocenters. The van der Waals surface area contributed by atoms with E-state index in [2.05, 4.69) is 0 Å². The number of nitrogens with zero attached hydrogens (tertiary/aromatic N) is 1. The highest BCUT2D eigenvalue weighted by molar-refractivity contribution is 6.31. The van der Waals surface area contributed by atoms with E-state index in [1.165, 1.54) is 4.90 Å². The second-order valence-electron chi connectivity index (χ2n) is 8.80. The van der Waals surface area contributed by atoms with Crippen LogP contribution in [-0.4, -0.2) is 64.4 Å². The first kappa shape index (κ1) is 23.7. The Kier molecular flexibility index (Phi) is 6.69. The fourth-order valence-electron chi connectivity index (χ4n) is 5.00. The van der Waals surface area contributed by atoms with Crippen molar-refractivity contribution in [2.45, 2.75) is 12.5 Å². The number of halogens is 1. The van der Waals surface area contributed by atoms with Gasteiger partial charge in [-0.3, -0.25) is 9.59 Å². The lowest BCUT2D eigenvalue weighted by Gasteiger charge is -2.28. The number of amides is 1. The second-order valence-corrected chi connectivity index (χ2v) is 9.23. The van der Waals surface area contributed by atoms with Crippen molar-refractivity contribution < 1.29 is 28.3 Å². The average molecular weight is 500 g/mol. The number of hydrogen-bond acceptors (Lipinski definition) is 6. The number of morpholine rings is 1. The topological polar surface area (TPSA) is 82.7 Å². The van der Waals surface area contributed by atoms with Gasteiger partial charge in [0.05, 0.1) is 51.0 Å². The lowest BCUT2D eigenvalue weighted by Crippen LogP contribution is -3.14. The summed E-state index contributed by atoms with van der Waals surface area (Å²) in [4.78, 5) is 30.5. The van der Waals surface area contributed by atoms with Crippen molar-refractivity contribution in [1.29, 1.82) is 0 Å². The summed E-state index contributed by atoms with van der Waals surface area (Å²) < 4.78 is 22.3. The molecule has 1 aromatic heterocycles. The van der Waals surface area contributed by atoms with Gasteiger partial charge in [-0.05, 0) is 35.9 Å². The third-order valence-corrected chi connectivity index (χ3v) is 7.02. The zero-order chi connectivity index (χ0) is 24.5. The number of rotatable bonds is 7. The van der Waals surface area contributed by atoms with Crippen molar-refractivity contribution in [3.63, 3.8) is 0 Å². The predicted molar refractivity (Wildman–Crippen MR) is 131 cm³/mol. The van der Waals surface area contributed by atoms with Crippen LogP contribution in [0.5, 0.6) is 11.5 Å². The Balaban J connectivity index is 1.57. The van der Waals surface area contributed by atoms with E-state index in [0.29, 0.717) is 39.6 Å². The number of quaternary nitrogens is 1. The van der Waals surface area contributed by atoms with E-state index in [1.807, 2.05) is 12.1 Å². The Morgan fingerprint density at radius 1 is 1.06 bits per heavy atom. The van der Waals surface area contributed by atoms with Gasteiger partial charge in [-0.15, -0.1) is 0 Å². The number of hydrogen-bond donors (Lipinski definition) is 1. The van der Waals surface area contributed by atoms with Crippen LogP contribution < -0.4 is 19.8 Å². The van der Waals surface area contributed by atoms with Crippen LogP contribution >= 0.6 is 11.6 Å². The molecule has 1 fully saturated rings. The van der Waals surface area contributed by atoms with Gasteiger partial charge >= 0.3 is 0 Å². The minimum atomic E-state index is -0.600. The molecule has 1 N–H and O–H groups in total. The molecule has 1 amide bonds. The summed E-state index contributed by atoms with van der Waals surface area (Å²) in [5, 5.41) is 0.788. The summed E-state index contributed by atoms with van der Waals surface area (Å²) in [5.41, 5.74) is 1.17. The third kappa shape index (κ3) is 4.37. The van der Waals surface area contributed by atoms with Gasteiger partial charge in [-0.1, -0.05) is 17.7 Å². The molecule has 1 saturated heterocycles. The molecule has 2 aromatic carbocycles. The van der Waals surface area contributed by atoms with E-state index in [-0.39, 0.29) is 17.1 Å². The zero-order valence-electron chi connectivity index (χ0n) is 19.8. The Bertz CT molecular complexity index is 1320. The molecule has 3 heterocycles. The Morgan fingerprint density at radius 2 is 1.83 bits per heavy atom. The molecule has 3 aromatic rings. The van der Waals surface area contributed by atoms with Gasteiger partial charge in [0.1, 0.15) is 18.7 Å². The SMILES string of the molecule is COc1ccc([C@@H]2c3c(oc4ccc(Cl)cc4c3=O)C(=O)N2CCC[NH+]2CCOCC2)cc1OC. The van der Waals surface area contributed by atoms with Gasteiger partial charge in [0, 0.05) is 18.0 Å². The maximum Gasteiger partial charge on any atom is 0.290 e. The van der Waals surface area contributed by atoms with Crippen LogP contribution in [0, 0.1) is 0 Å². The van der Waals surface area contributed by atoms with Gasteiger partial charge < -0.3 is 28.4 Å². The van der Waals surface area contributed by atoms with Crippen LogP contribution in [0.1, 0.15) is 34.1 Å². The summed E-state index contributed by atoms with van der Waals surface area (Å²) in [6, 6.07) is 9.71. The number of ether oxygens (including phenoxy) is 3. The van der Waals surface area contributed by atoms with Crippen molar-refractivity contribution >= 4 is 28.5 Å². The van der Waals surface area contributed by atoms with E-state index in [9.17, 15) is 9.59 Å². The molecule has 35 heavy (non-hydrogen) atoms. The largest absolute Gasteiger partial charge is 0.493 e. The summed E-state index contributed by atoms with van der Waals surface area (Å²) in [6.07, 6.45) is 0.790. The first-order valence-electron chi connectivity index (χ1n) is 11.7. The molecule has 0 unspecified atom stereocenters. The van der Waals surface area contributed by atoms with Crippen molar-refractivity contribution in [2.24, 2.45) is 0 Å². The summed E-state index contributed by atoms with van der Waals surface area (Å²) in [6.45, 7) is 4.83. The number of methoxy groups -OCH3 is 2. The van der Waals surface area contributed by atoms with Gasteiger partial charge in [0.25, 0.3) is 5.91 Å². The minimum Gasteiger partial charge on any atom is -0.493 e. The first-order valence-corrected chi connectivity index (χ1v) is 12.1. The first-order chi connectivity index (χ1) is 17.0. The summed E-state index contributed by atoms with van der Waals surface area (Å²) in [5.74, 6) is 0.895. The molecule has 8 nitrogen and oxygen atoms in total. The van der Waals surface area contributed by atoms with Crippen LogP contribution in [0.25, 0.3) is 11.0 Å².